The van der Waals surface area contributed by atoms with Crippen molar-refractivity contribution in [2.24, 2.45) is 5.92 Å². The van der Waals surface area contributed by atoms with E-state index in [2.05, 4.69) is 15.5 Å². The minimum Gasteiger partial charge on any atom is -0.497 e. The summed E-state index contributed by atoms with van der Waals surface area (Å²) in [7, 11) is 3.14. The molecule has 2 N–H and O–H groups in total. The third kappa shape index (κ3) is 5.14. The second kappa shape index (κ2) is 9.75. The quantitative estimate of drug-likeness (QED) is 0.628. The van der Waals surface area contributed by atoms with Crippen LogP contribution >= 0.6 is 0 Å². The molecule has 2 aliphatic rings. The van der Waals surface area contributed by atoms with E-state index in [1.807, 2.05) is 0 Å². The first-order chi connectivity index (χ1) is 13.6. The van der Waals surface area contributed by atoms with E-state index in [-0.39, 0.29) is 24.2 Å². The molecule has 8 nitrogen and oxygen atoms in total. The number of hydrogen-bond acceptors (Lipinski definition) is 6. The summed E-state index contributed by atoms with van der Waals surface area (Å²) in [4.78, 5) is 29.0. The van der Waals surface area contributed by atoms with Crippen molar-refractivity contribution in [2.75, 3.05) is 64.9 Å². The Hall–Kier alpha value is -2.32. The lowest BCUT2D eigenvalue weighted by Crippen LogP contribution is -2.44. The van der Waals surface area contributed by atoms with Crippen LogP contribution in [-0.4, -0.2) is 76.7 Å². The van der Waals surface area contributed by atoms with Crippen LogP contribution < -0.4 is 25.0 Å². The summed E-state index contributed by atoms with van der Waals surface area (Å²) in [6.45, 7) is 6.18. The lowest BCUT2D eigenvalue weighted by Gasteiger charge is -2.27. The van der Waals surface area contributed by atoms with Gasteiger partial charge in [-0.1, -0.05) is 0 Å². The molecule has 2 heterocycles. The van der Waals surface area contributed by atoms with Gasteiger partial charge in [-0.25, -0.2) is 0 Å². The number of carbonyl (C=O) groups excluding carboxylic acids is 2. The first kappa shape index (κ1) is 20.4. The molecule has 154 valence electrons. The van der Waals surface area contributed by atoms with Crippen LogP contribution in [0.3, 0.4) is 0 Å². The molecular formula is C20H30N4O4. The molecular weight excluding hydrogens is 360 g/mol. The molecule has 0 aromatic heterocycles. The number of ether oxygens (including phenoxy) is 2. The highest BCUT2D eigenvalue weighted by molar-refractivity contribution is 6.00. The molecule has 0 saturated carbocycles. The van der Waals surface area contributed by atoms with Crippen molar-refractivity contribution < 1.29 is 19.1 Å². The van der Waals surface area contributed by atoms with Crippen molar-refractivity contribution in [3.63, 3.8) is 0 Å². The number of hydrogen-bond donors (Lipinski definition) is 2. The van der Waals surface area contributed by atoms with Crippen molar-refractivity contribution in [1.82, 2.24) is 15.5 Å². The van der Waals surface area contributed by atoms with Crippen molar-refractivity contribution in [1.29, 1.82) is 0 Å². The predicted molar refractivity (Wildman–Crippen MR) is 107 cm³/mol. The molecule has 2 saturated heterocycles. The van der Waals surface area contributed by atoms with Crippen LogP contribution in [0.25, 0.3) is 0 Å². The predicted octanol–water partition coefficient (Wildman–Crippen LogP) is 0.468. The fourth-order valence-corrected chi connectivity index (χ4v) is 3.67. The number of nitrogens with zero attached hydrogens (tertiary/aromatic N) is 2. The Balaban J connectivity index is 1.50. The molecule has 28 heavy (non-hydrogen) atoms. The maximum absolute atomic E-state index is 12.5. The minimum atomic E-state index is -0.330. The van der Waals surface area contributed by atoms with E-state index in [0.717, 1.165) is 39.1 Å². The molecule has 0 bridgehead atoms. The van der Waals surface area contributed by atoms with E-state index in [9.17, 15) is 9.59 Å². The van der Waals surface area contributed by atoms with Crippen LogP contribution in [0.4, 0.5) is 5.69 Å². The lowest BCUT2D eigenvalue weighted by atomic mass is 10.1. The van der Waals surface area contributed by atoms with Crippen molar-refractivity contribution in [3.8, 4) is 11.5 Å². The zero-order valence-corrected chi connectivity index (χ0v) is 16.7. The van der Waals surface area contributed by atoms with Crippen LogP contribution in [0.2, 0.25) is 0 Å². The van der Waals surface area contributed by atoms with Gasteiger partial charge >= 0.3 is 0 Å². The molecule has 2 amide bonds. The van der Waals surface area contributed by atoms with Gasteiger partial charge in [0, 0.05) is 63.9 Å². The molecule has 1 aromatic carbocycles. The number of anilines is 1. The summed E-state index contributed by atoms with van der Waals surface area (Å²) in [6, 6.07) is 5.33. The average Bonchev–Trinajstić information content (AvgIpc) is 3.13. The number of carbonyl (C=O) groups is 2. The number of methoxy groups -OCH3 is 2. The maximum atomic E-state index is 12.5. The van der Waals surface area contributed by atoms with E-state index < -0.39 is 0 Å². The number of amides is 2. The van der Waals surface area contributed by atoms with Gasteiger partial charge in [0.2, 0.25) is 11.8 Å². The van der Waals surface area contributed by atoms with Gasteiger partial charge in [-0.2, -0.15) is 0 Å². The van der Waals surface area contributed by atoms with Crippen molar-refractivity contribution in [3.05, 3.63) is 18.2 Å². The Bertz CT molecular complexity index is 669. The number of piperazine rings is 1. The number of rotatable bonds is 8. The molecule has 1 atom stereocenters. The topological polar surface area (TPSA) is 83.1 Å². The SMILES string of the molecule is COc1cc(OC)cc(N2CC(C(=O)NCCCN3CCNCC3)CC2=O)c1. The average molecular weight is 390 g/mol. The van der Waals surface area contributed by atoms with Gasteiger partial charge in [-0.3, -0.25) is 9.59 Å². The summed E-state index contributed by atoms with van der Waals surface area (Å²) in [5.74, 6) is 0.789. The lowest BCUT2D eigenvalue weighted by molar-refractivity contribution is -0.126. The normalized spacial score (nSPS) is 20.3. The summed E-state index contributed by atoms with van der Waals surface area (Å²) in [6.07, 6.45) is 1.15. The van der Waals surface area contributed by atoms with Crippen LogP contribution in [-0.2, 0) is 9.59 Å². The van der Waals surface area contributed by atoms with Crippen LogP contribution in [0.1, 0.15) is 12.8 Å². The van der Waals surface area contributed by atoms with Crippen LogP contribution in [0.5, 0.6) is 11.5 Å². The second-order valence-corrected chi connectivity index (χ2v) is 7.21. The van der Waals surface area contributed by atoms with Gasteiger partial charge in [-0.15, -0.1) is 0 Å². The third-order valence-electron chi connectivity index (χ3n) is 5.30. The molecule has 0 aliphatic carbocycles. The van der Waals surface area contributed by atoms with E-state index in [4.69, 9.17) is 9.47 Å². The van der Waals surface area contributed by atoms with Gasteiger partial charge in [-0.05, 0) is 13.0 Å². The highest BCUT2D eigenvalue weighted by Crippen LogP contribution is 2.32. The minimum absolute atomic E-state index is 0.0500. The largest absolute Gasteiger partial charge is 0.497 e. The van der Waals surface area contributed by atoms with E-state index in [1.165, 1.54) is 0 Å². The van der Waals surface area contributed by atoms with Gasteiger partial charge in [0.1, 0.15) is 11.5 Å². The van der Waals surface area contributed by atoms with Gasteiger partial charge < -0.3 is 29.9 Å². The highest BCUT2D eigenvalue weighted by atomic mass is 16.5. The highest BCUT2D eigenvalue weighted by Gasteiger charge is 2.35. The monoisotopic (exact) mass is 390 g/mol. The Morgan fingerprint density at radius 3 is 2.50 bits per heavy atom. The standard InChI is InChI=1S/C20H30N4O4/c1-27-17-11-16(12-18(13-17)28-2)24-14-15(10-19(24)25)20(26)22-4-3-7-23-8-5-21-6-9-23/h11-13,15,21H,3-10,14H2,1-2H3,(H,22,26). The summed E-state index contributed by atoms with van der Waals surface area (Å²) < 4.78 is 10.6. The summed E-state index contributed by atoms with van der Waals surface area (Å²) in [5, 5.41) is 6.33. The second-order valence-electron chi connectivity index (χ2n) is 7.21. The Labute approximate surface area is 166 Å². The number of nitrogens with one attached hydrogen (secondary N) is 2. The van der Waals surface area contributed by atoms with Crippen molar-refractivity contribution >= 4 is 17.5 Å². The number of benzene rings is 1. The Kier molecular flexibility index (Phi) is 7.11. The Morgan fingerprint density at radius 2 is 1.86 bits per heavy atom. The first-order valence-electron chi connectivity index (χ1n) is 9.85. The molecule has 0 spiro atoms. The molecule has 1 aromatic rings. The smallest absolute Gasteiger partial charge is 0.227 e. The van der Waals surface area contributed by atoms with Crippen LogP contribution in [0, 0.1) is 5.92 Å². The molecule has 1 unspecified atom stereocenters. The van der Waals surface area contributed by atoms with E-state index in [0.29, 0.717) is 30.3 Å². The maximum Gasteiger partial charge on any atom is 0.227 e. The van der Waals surface area contributed by atoms with E-state index >= 15 is 0 Å². The van der Waals surface area contributed by atoms with E-state index in [1.54, 1.807) is 37.3 Å². The van der Waals surface area contributed by atoms with Gasteiger partial charge in [0.15, 0.2) is 0 Å². The van der Waals surface area contributed by atoms with Gasteiger partial charge in [0.05, 0.1) is 25.8 Å². The molecule has 0 radical (unpaired) electrons. The van der Waals surface area contributed by atoms with Crippen molar-refractivity contribution in [2.45, 2.75) is 12.8 Å². The third-order valence-corrected chi connectivity index (χ3v) is 5.30. The van der Waals surface area contributed by atoms with Gasteiger partial charge in [0.25, 0.3) is 0 Å². The molecule has 8 heteroatoms. The fourth-order valence-electron chi connectivity index (χ4n) is 3.67. The first-order valence-corrected chi connectivity index (χ1v) is 9.85. The molecule has 2 fully saturated rings. The zero-order valence-electron chi connectivity index (χ0n) is 16.7. The summed E-state index contributed by atoms with van der Waals surface area (Å²) >= 11 is 0. The fraction of sp³-hybridized carbons (Fsp3) is 0.600. The van der Waals surface area contributed by atoms with Crippen LogP contribution in [0.15, 0.2) is 18.2 Å². The molecule has 3 rings (SSSR count). The molecule has 2 aliphatic heterocycles. The summed E-state index contributed by atoms with van der Waals surface area (Å²) in [5.41, 5.74) is 0.690. The Morgan fingerprint density at radius 1 is 1.18 bits per heavy atom. The zero-order chi connectivity index (χ0) is 19.9.